The van der Waals surface area contributed by atoms with Crippen molar-refractivity contribution in [2.75, 3.05) is 12.9 Å². The van der Waals surface area contributed by atoms with Gasteiger partial charge in [-0.25, -0.2) is 0 Å². The largest absolute Gasteiger partial charge is 0.468 e. The molecule has 0 aliphatic rings. The highest BCUT2D eigenvalue weighted by atomic mass is 79.9. The van der Waals surface area contributed by atoms with Crippen LogP contribution in [0.1, 0.15) is 26.2 Å². The summed E-state index contributed by atoms with van der Waals surface area (Å²) in [6.45, 7) is 1.72. The third-order valence-corrected chi connectivity index (χ3v) is 4.38. The van der Waals surface area contributed by atoms with Gasteiger partial charge < -0.3 is 10.5 Å². The predicted octanol–water partition coefficient (Wildman–Crippen LogP) is 3.60. The van der Waals surface area contributed by atoms with Crippen LogP contribution in [0.15, 0.2) is 33.6 Å². The quantitative estimate of drug-likeness (QED) is 0.466. The van der Waals surface area contributed by atoms with Gasteiger partial charge in [0.1, 0.15) is 5.54 Å². The van der Waals surface area contributed by atoms with Crippen molar-refractivity contribution < 1.29 is 9.53 Å². The molecule has 1 aromatic carbocycles. The number of hydrogen-bond acceptors (Lipinski definition) is 4. The number of rotatable bonds is 7. The van der Waals surface area contributed by atoms with Gasteiger partial charge in [-0.05, 0) is 43.7 Å². The number of nitrogens with two attached hydrogens (primary N) is 1. The van der Waals surface area contributed by atoms with Crippen molar-refractivity contribution in [3.63, 3.8) is 0 Å². The summed E-state index contributed by atoms with van der Waals surface area (Å²) in [6.07, 6.45) is 2.60. The molecule has 0 radical (unpaired) electrons. The fraction of sp³-hybridized carbons (Fsp3) is 0.500. The van der Waals surface area contributed by atoms with Gasteiger partial charge in [0.2, 0.25) is 0 Å². The Balaban J connectivity index is 2.23. The second-order valence-corrected chi connectivity index (χ2v) is 6.76. The number of carbonyl (C=O) groups excluding carboxylic acids is 1. The third kappa shape index (κ3) is 5.97. The standard InChI is InChI=1S/C14H20BrNO2S/c1-14(16,13(17)18-2)8-3-4-9-19-12-7-5-6-11(15)10-12/h5-7,10H,3-4,8-9,16H2,1-2H3. The molecule has 1 unspecified atom stereocenters. The Morgan fingerprint density at radius 2 is 2.21 bits per heavy atom. The highest BCUT2D eigenvalue weighted by molar-refractivity contribution is 9.10. The monoisotopic (exact) mass is 345 g/mol. The molecule has 1 aromatic rings. The van der Waals surface area contributed by atoms with E-state index in [4.69, 9.17) is 5.73 Å². The third-order valence-electron chi connectivity index (χ3n) is 2.81. The maximum Gasteiger partial charge on any atom is 0.325 e. The van der Waals surface area contributed by atoms with Crippen LogP contribution in [-0.4, -0.2) is 24.4 Å². The smallest absolute Gasteiger partial charge is 0.325 e. The number of methoxy groups -OCH3 is 1. The highest BCUT2D eigenvalue weighted by Gasteiger charge is 2.28. The van der Waals surface area contributed by atoms with Crippen LogP contribution in [0.2, 0.25) is 0 Å². The van der Waals surface area contributed by atoms with E-state index in [1.807, 2.05) is 23.9 Å². The molecule has 2 N–H and O–H groups in total. The van der Waals surface area contributed by atoms with E-state index in [2.05, 4.69) is 32.8 Å². The average molecular weight is 346 g/mol. The molecule has 0 bridgehead atoms. The summed E-state index contributed by atoms with van der Waals surface area (Å²) in [4.78, 5) is 12.6. The van der Waals surface area contributed by atoms with Crippen molar-refractivity contribution >= 4 is 33.7 Å². The molecule has 0 heterocycles. The lowest BCUT2D eigenvalue weighted by molar-refractivity contribution is -0.146. The second-order valence-electron chi connectivity index (χ2n) is 4.67. The lowest BCUT2D eigenvalue weighted by Gasteiger charge is -2.20. The maximum absolute atomic E-state index is 11.4. The molecule has 3 nitrogen and oxygen atoms in total. The van der Waals surface area contributed by atoms with Gasteiger partial charge in [0.05, 0.1) is 7.11 Å². The molecule has 0 fully saturated rings. The van der Waals surface area contributed by atoms with Crippen LogP contribution in [0, 0.1) is 0 Å². The van der Waals surface area contributed by atoms with E-state index in [-0.39, 0.29) is 5.97 Å². The Kier molecular flexibility index (Phi) is 6.89. The summed E-state index contributed by atoms with van der Waals surface area (Å²) in [6, 6.07) is 8.24. The van der Waals surface area contributed by atoms with E-state index in [0.29, 0.717) is 6.42 Å². The van der Waals surface area contributed by atoms with Gasteiger partial charge in [-0.1, -0.05) is 28.4 Å². The number of unbranched alkanes of at least 4 members (excludes halogenated alkanes) is 1. The SMILES string of the molecule is COC(=O)C(C)(N)CCCCSc1cccc(Br)c1. The molecule has 0 aromatic heterocycles. The van der Waals surface area contributed by atoms with Crippen LogP contribution in [0.4, 0.5) is 0 Å². The number of halogens is 1. The van der Waals surface area contributed by atoms with E-state index >= 15 is 0 Å². The second kappa shape index (κ2) is 7.92. The van der Waals surface area contributed by atoms with Crippen molar-refractivity contribution in [3.8, 4) is 0 Å². The van der Waals surface area contributed by atoms with E-state index in [0.717, 1.165) is 23.1 Å². The van der Waals surface area contributed by atoms with Crippen molar-refractivity contribution in [2.45, 2.75) is 36.6 Å². The Hall–Kier alpha value is -0.520. The van der Waals surface area contributed by atoms with E-state index < -0.39 is 5.54 Å². The Bertz CT molecular complexity index is 424. The molecule has 0 aliphatic heterocycles. The Labute approximate surface area is 127 Å². The molecule has 19 heavy (non-hydrogen) atoms. The topological polar surface area (TPSA) is 52.3 Å². The van der Waals surface area contributed by atoms with E-state index in [1.165, 1.54) is 12.0 Å². The van der Waals surface area contributed by atoms with Gasteiger partial charge in [0.25, 0.3) is 0 Å². The summed E-state index contributed by atoms with van der Waals surface area (Å²) < 4.78 is 5.78. The maximum atomic E-state index is 11.4. The normalized spacial score (nSPS) is 13.9. The molecule has 5 heteroatoms. The lowest BCUT2D eigenvalue weighted by Crippen LogP contribution is -2.45. The van der Waals surface area contributed by atoms with Crippen LogP contribution in [-0.2, 0) is 9.53 Å². The first-order valence-corrected chi connectivity index (χ1v) is 7.99. The predicted molar refractivity (Wildman–Crippen MR) is 83.3 cm³/mol. The van der Waals surface area contributed by atoms with Crippen LogP contribution in [0.25, 0.3) is 0 Å². The minimum absolute atomic E-state index is 0.341. The van der Waals surface area contributed by atoms with Gasteiger partial charge in [0, 0.05) is 9.37 Å². The molecule has 106 valence electrons. The van der Waals surface area contributed by atoms with Crippen LogP contribution < -0.4 is 5.73 Å². The van der Waals surface area contributed by atoms with Gasteiger partial charge in [-0.3, -0.25) is 4.79 Å². The first kappa shape index (κ1) is 16.5. The van der Waals surface area contributed by atoms with Gasteiger partial charge >= 0.3 is 5.97 Å². The number of esters is 1. The zero-order valence-corrected chi connectivity index (χ0v) is 13.7. The molecule has 1 rings (SSSR count). The Morgan fingerprint density at radius 1 is 1.47 bits per heavy atom. The molecular formula is C14H20BrNO2S. The van der Waals surface area contributed by atoms with Crippen LogP contribution >= 0.6 is 27.7 Å². The average Bonchev–Trinajstić information content (AvgIpc) is 2.37. The zero-order valence-electron chi connectivity index (χ0n) is 11.3. The molecule has 0 saturated carbocycles. The fourth-order valence-corrected chi connectivity index (χ4v) is 3.20. The number of thioether (sulfide) groups is 1. The van der Waals surface area contributed by atoms with E-state index in [1.54, 1.807) is 6.92 Å². The minimum atomic E-state index is -0.866. The molecule has 0 saturated heterocycles. The number of benzene rings is 1. The van der Waals surface area contributed by atoms with Crippen LogP contribution in [0.3, 0.4) is 0 Å². The summed E-state index contributed by atoms with van der Waals surface area (Å²) in [5.74, 6) is 0.681. The van der Waals surface area contributed by atoms with Crippen molar-refractivity contribution in [1.29, 1.82) is 0 Å². The Morgan fingerprint density at radius 3 is 2.84 bits per heavy atom. The van der Waals surface area contributed by atoms with Gasteiger partial charge in [-0.15, -0.1) is 11.8 Å². The number of hydrogen-bond donors (Lipinski definition) is 1. The lowest BCUT2D eigenvalue weighted by atomic mass is 9.97. The number of ether oxygens (including phenoxy) is 1. The van der Waals surface area contributed by atoms with Crippen LogP contribution in [0.5, 0.6) is 0 Å². The molecule has 0 aliphatic carbocycles. The summed E-state index contributed by atoms with van der Waals surface area (Å²) in [7, 11) is 1.37. The first-order valence-electron chi connectivity index (χ1n) is 6.21. The fourth-order valence-electron chi connectivity index (χ4n) is 1.68. The van der Waals surface area contributed by atoms with Crippen molar-refractivity contribution in [3.05, 3.63) is 28.7 Å². The zero-order chi connectivity index (χ0) is 14.3. The highest BCUT2D eigenvalue weighted by Crippen LogP contribution is 2.23. The first-order chi connectivity index (χ1) is 8.95. The number of carbonyl (C=O) groups is 1. The summed E-state index contributed by atoms with van der Waals surface area (Å²) in [5, 5.41) is 0. The molecule has 1 atom stereocenters. The van der Waals surface area contributed by atoms with E-state index in [9.17, 15) is 4.79 Å². The summed E-state index contributed by atoms with van der Waals surface area (Å²) >= 11 is 5.27. The van der Waals surface area contributed by atoms with Gasteiger partial charge in [-0.2, -0.15) is 0 Å². The molecule has 0 amide bonds. The summed E-state index contributed by atoms with van der Waals surface area (Å²) in [5.41, 5.74) is 5.03. The van der Waals surface area contributed by atoms with Crippen molar-refractivity contribution in [1.82, 2.24) is 0 Å². The molecule has 0 spiro atoms. The van der Waals surface area contributed by atoms with Crippen molar-refractivity contribution in [2.24, 2.45) is 5.73 Å². The molecular weight excluding hydrogens is 326 g/mol. The minimum Gasteiger partial charge on any atom is -0.468 e. The van der Waals surface area contributed by atoms with Gasteiger partial charge in [0.15, 0.2) is 0 Å².